The van der Waals surface area contributed by atoms with Gasteiger partial charge in [-0.1, -0.05) is 18.2 Å². The van der Waals surface area contributed by atoms with Crippen LogP contribution in [0.25, 0.3) is 11.5 Å². The first-order chi connectivity index (χ1) is 9.65. The molecule has 2 aromatic rings. The van der Waals surface area contributed by atoms with Crippen molar-refractivity contribution in [2.45, 2.75) is 25.7 Å². The molecule has 2 rings (SSSR count). The SMILES string of the molecule is CC(C)OC(=O)CSCc1nnc(-c2ccccc2)o1. The van der Waals surface area contributed by atoms with E-state index in [0.29, 0.717) is 17.5 Å². The van der Waals surface area contributed by atoms with Crippen LogP contribution in [0, 0.1) is 0 Å². The average Bonchev–Trinajstić information content (AvgIpc) is 2.88. The van der Waals surface area contributed by atoms with Gasteiger partial charge >= 0.3 is 5.97 Å². The number of carbonyl (C=O) groups is 1. The van der Waals surface area contributed by atoms with Crippen molar-refractivity contribution in [1.29, 1.82) is 0 Å². The van der Waals surface area contributed by atoms with E-state index in [1.54, 1.807) is 0 Å². The van der Waals surface area contributed by atoms with Crippen LogP contribution in [0.4, 0.5) is 0 Å². The number of carbonyl (C=O) groups excluding carboxylic acids is 1. The summed E-state index contributed by atoms with van der Waals surface area (Å²) in [7, 11) is 0. The first kappa shape index (κ1) is 14.6. The minimum atomic E-state index is -0.229. The number of ether oxygens (including phenoxy) is 1. The number of aromatic nitrogens is 2. The van der Waals surface area contributed by atoms with Crippen molar-refractivity contribution >= 4 is 17.7 Å². The van der Waals surface area contributed by atoms with Gasteiger partial charge in [0, 0.05) is 5.56 Å². The normalized spacial score (nSPS) is 10.8. The molecule has 0 saturated carbocycles. The molecule has 20 heavy (non-hydrogen) atoms. The van der Waals surface area contributed by atoms with Crippen molar-refractivity contribution in [3.63, 3.8) is 0 Å². The van der Waals surface area contributed by atoms with Gasteiger partial charge in [-0.05, 0) is 26.0 Å². The van der Waals surface area contributed by atoms with Gasteiger partial charge < -0.3 is 9.15 Å². The summed E-state index contributed by atoms with van der Waals surface area (Å²) in [6, 6.07) is 9.57. The Bertz CT molecular complexity index is 555. The quantitative estimate of drug-likeness (QED) is 0.763. The Labute approximate surface area is 121 Å². The number of rotatable bonds is 6. The van der Waals surface area contributed by atoms with Gasteiger partial charge in [-0.25, -0.2) is 0 Å². The fourth-order valence-corrected chi connectivity index (χ4v) is 2.16. The molecule has 6 heteroatoms. The smallest absolute Gasteiger partial charge is 0.316 e. The summed E-state index contributed by atoms with van der Waals surface area (Å²) in [6.07, 6.45) is -0.0869. The zero-order chi connectivity index (χ0) is 14.4. The lowest BCUT2D eigenvalue weighted by Crippen LogP contribution is -2.13. The molecule has 0 saturated heterocycles. The lowest BCUT2D eigenvalue weighted by atomic mass is 10.2. The highest BCUT2D eigenvalue weighted by Crippen LogP contribution is 2.19. The molecule has 5 nitrogen and oxygen atoms in total. The van der Waals surface area contributed by atoms with E-state index < -0.39 is 0 Å². The van der Waals surface area contributed by atoms with Gasteiger partial charge in [0.1, 0.15) is 0 Å². The first-order valence-electron chi connectivity index (χ1n) is 6.30. The number of esters is 1. The number of nitrogens with zero attached hydrogens (tertiary/aromatic N) is 2. The molecule has 0 radical (unpaired) electrons. The van der Waals surface area contributed by atoms with E-state index >= 15 is 0 Å². The molecule has 0 amide bonds. The predicted octanol–water partition coefficient (Wildman–Crippen LogP) is 2.92. The summed E-state index contributed by atoms with van der Waals surface area (Å²) in [6.45, 7) is 3.65. The summed E-state index contributed by atoms with van der Waals surface area (Å²) in [5.41, 5.74) is 0.885. The van der Waals surface area contributed by atoms with E-state index in [2.05, 4.69) is 10.2 Å². The van der Waals surface area contributed by atoms with Crippen molar-refractivity contribution in [3.05, 3.63) is 36.2 Å². The zero-order valence-electron chi connectivity index (χ0n) is 11.4. The van der Waals surface area contributed by atoms with Crippen molar-refractivity contribution in [2.24, 2.45) is 0 Å². The summed E-state index contributed by atoms with van der Waals surface area (Å²) < 4.78 is 10.6. The Morgan fingerprint density at radius 2 is 2.05 bits per heavy atom. The maximum absolute atomic E-state index is 11.4. The lowest BCUT2D eigenvalue weighted by Gasteiger charge is -2.06. The molecule has 0 atom stereocenters. The average molecular weight is 292 g/mol. The molecule has 0 bridgehead atoms. The molecule has 0 N–H and O–H groups in total. The third kappa shape index (κ3) is 4.38. The maximum Gasteiger partial charge on any atom is 0.316 e. The summed E-state index contributed by atoms with van der Waals surface area (Å²) in [4.78, 5) is 11.4. The molecule has 0 aliphatic rings. The Morgan fingerprint density at radius 3 is 2.75 bits per heavy atom. The van der Waals surface area contributed by atoms with Crippen molar-refractivity contribution in [1.82, 2.24) is 10.2 Å². The minimum absolute atomic E-state index is 0.0869. The van der Waals surface area contributed by atoms with Crippen LogP contribution in [0.3, 0.4) is 0 Å². The lowest BCUT2D eigenvalue weighted by molar-refractivity contribution is -0.144. The molecule has 0 aliphatic heterocycles. The molecule has 1 aromatic heterocycles. The molecule has 1 heterocycles. The number of hydrogen-bond acceptors (Lipinski definition) is 6. The maximum atomic E-state index is 11.4. The monoisotopic (exact) mass is 292 g/mol. The molecular weight excluding hydrogens is 276 g/mol. The van der Waals surface area contributed by atoms with Crippen LogP contribution in [0.1, 0.15) is 19.7 Å². The zero-order valence-corrected chi connectivity index (χ0v) is 12.2. The van der Waals surface area contributed by atoms with Crippen LogP contribution >= 0.6 is 11.8 Å². The van der Waals surface area contributed by atoms with Crippen LogP contribution < -0.4 is 0 Å². The van der Waals surface area contributed by atoms with E-state index in [1.165, 1.54) is 11.8 Å². The van der Waals surface area contributed by atoms with Gasteiger partial charge in [0.2, 0.25) is 11.8 Å². The summed E-state index contributed by atoms with van der Waals surface area (Å²) in [5, 5.41) is 7.95. The Balaban J connectivity index is 1.83. The van der Waals surface area contributed by atoms with Gasteiger partial charge in [-0.3, -0.25) is 4.79 Å². The van der Waals surface area contributed by atoms with Crippen molar-refractivity contribution < 1.29 is 13.9 Å². The van der Waals surface area contributed by atoms with E-state index in [9.17, 15) is 4.79 Å². The topological polar surface area (TPSA) is 65.2 Å². The predicted molar refractivity (Wildman–Crippen MR) is 77.1 cm³/mol. The summed E-state index contributed by atoms with van der Waals surface area (Å²) >= 11 is 1.39. The molecule has 1 aromatic carbocycles. The molecule has 0 spiro atoms. The van der Waals surface area contributed by atoms with Crippen molar-refractivity contribution in [3.8, 4) is 11.5 Å². The van der Waals surface area contributed by atoms with Gasteiger partial charge in [0.05, 0.1) is 17.6 Å². The number of thioether (sulfide) groups is 1. The van der Waals surface area contributed by atoms with E-state index in [-0.39, 0.29) is 17.8 Å². The van der Waals surface area contributed by atoms with Gasteiger partial charge in [-0.15, -0.1) is 22.0 Å². The van der Waals surface area contributed by atoms with Crippen molar-refractivity contribution in [2.75, 3.05) is 5.75 Å². The van der Waals surface area contributed by atoms with Crippen LogP contribution in [-0.4, -0.2) is 28.0 Å². The molecule has 106 valence electrons. The molecule has 0 aliphatic carbocycles. The second kappa shape index (κ2) is 7.09. The highest BCUT2D eigenvalue weighted by atomic mass is 32.2. The fraction of sp³-hybridized carbons (Fsp3) is 0.357. The second-order valence-electron chi connectivity index (χ2n) is 4.40. The Morgan fingerprint density at radius 1 is 1.30 bits per heavy atom. The number of hydrogen-bond donors (Lipinski definition) is 0. The third-order valence-corrected chi connectivity index (χ3v) is 3.19. The van der Waals surface area contributed by atoms with E-state index in [0.717, 1.165) is 5.56 Å². The number of benzene rings is 1. The van der Waals surface area contributed by atoms with Crippen LogP contribution in [0.15, 0.2) is 34.7 Å². The van der Waals surface area contributed by atoms with Gasteiger partial charge in [-0.2, -0.15) is 0 Å². The standard InChI is InChI=1S/C14H16N2O3S/c1-10(2)18-13(17)9-20-8-12-15-16-14(19-12)11-6-4-3-5-7-11/h3-7,10H,8-9H2,1-2H3. The van der Waals surface area contributed by atoms with Crippen LogP contribution in [-0.2, 0) is 15.3 Å². The first-order valence-corrected chi connectivity index (χ1v) is 7.45. The molecule has 0 fully saturated rings. The largest absolute Gasteiger partial charge is 0.462 e. The highest BCUT2D eigenvalue weighted by Gasteiger charge is 2.10. The highest BCUT2D eigenvalue weighted by molar-refractivity contribution is 7.99. The third-order valence-electron chi connectivity index (χ3n) is 2.30. The van der Waals surface area contributed by atoms with Crippen LogP contribution in [0.2, 0.25) is 0 Å². The Hall–Kier alpha value is -1.82. The Kier molecular flexibility index (Phi) is 5.17. The van der Waals surface area contributed by atoms with Gasteiger partial charge in [0.25, 0.3) is 0 Å². The molecular formula is C14H16N2O3S. The fourth-order valence-electron chi connectivity index (χ4n) is 1.53. The minimum Gasteiger partial charge on any atom is -0.462 e. The molecule has 0 unspecified atom stereocenters. The van der Waals surface area contributed by atoms with Gasteiger partial charge in [0.15, 0.2) is 0 Å². The summed E-state index contributed by atoms with van der Waals surface area (Å²) in [5.74, 6) is 1.54. The van der Waals surface area contributed by atoms with Crippen LogP contribution in [0.5, 0.6) is 0 Å². The van der Waals surface area contributed by atoms with E-state index in [1.807, 2.05) is 44.2 Å². The van der Waals surface area contributed by atoms with E-state index in [4.69, 9.17) is 9.15 Å². The second-order valence-corrected chi connectivity index (χ2v) is 5.38.